The molecule has 0 aromatic carbocycles. The minimum Gasteiger partial charge on any atom is -0.326 e. The normalized spacial score (nSPS) is 24.9. The van der Waals surface area contributed by atoms with Gasteiger partial charge < -0.3 is 5.32 Å². The molecule has 1 aliphatic carbocycles. The molecule has 0 fully saturated rings. The lowest BCUT2D eigenvalue weighted by Gasteiger charge is -2.24. The minimum atomic E-state index is -4.35. The lowest BCUT2D eigenvalue weighted by molar-refractivity contribution is -0.183. The standard InChI is InChI=1S/C11H12F3NO/c1-8(16)15-9-4-3-6-10(2,7-5-9)11(12,13)14/h3-7H,1-2H3,(H,15,16). The van der Waals surface area contributed by atoms with Gasteiger partial charge in [-0.3, -0.25) is 4.79 Å². The number of carbonyl (C=O) groups excluding carboxylic acids is 1. The number of rotatable bonds is 1. The van der Waals surface area contributed by atoms with Crippen LogP contribution in [0.25, 0.3) is 0 Å². The summed E-state index contributed by atoms with van der Waals surface area (Å²) in [6.07, 6.45) is 1.71. The van der Waals surface area contributed by atoms with Gasteiger partial charge in [0, 0.05) is 12.6 Å². The first-order chi connectivity index (χ1) is 7.24. The Kier molecular flexibility index (Phi) is 3.26. The zero-order valence-corrected chi connectivity index (χ0v) is 8.93. The van der Waals surface area contributed by atoms with Crippen molar-refractivity contribution in [1.82, 2.24) is 5.32 Å². The summed E-state index contributed by atoms with van der Waals surface area (Å²) in [4.78, 5) is 10.8. The Hall–Kier alpha value is -1.52. The summed E-state index contributed by atoms with van der Waals surface area (Å²) in [5.41, 5.74) is -1.65. The average molecular weight is 231 g/mol. The molecule has 0 saturated heterocycles. The summed E-state index contributed by atoms with van der Waals surface area (Å²) in [5, 5.41) is 2.43. The van der Waals surface area contributed by atoms with Gasteiger partial charge in [0.05, 0.1) is 5.41 Å². The molecule has 0 bridgehead atoms. The molecular formula is C11H12F3NO. The number of alkyl halides is 3. The minimum absolute atomic E-state index is 0.320. The average Bonchev–Trinajstić information content (AvgIpc) is 2.27. The molecule has 0 aromatic rings. The zero-order valence-electron chi connectivity index (χ0n) is 8.93. The van der Waals surface area contributed by atoms with Crippen LogP contribution in [0.2, 0.25) is 0 Å². The van der Waals surface area contributed by atoms with Gasteiger partial charge >= 0.3 is 6.18 Å². The van der Waals surface area contributed by atoms with E-state index in [0.29, 0.717) is 5.70 Å². The molecule has 88 valence electrons. The maximum Gasteiger partial charge on any atom is 0.400 e. The predicted octanol–water partition coefficient (Wildman–Crippen LogP) is 2.70. The van der Waals surface area contributed by atoms with Gasteiger partial charge in [0.25, 0.3) is 0 Å². The molecule has 0 spiro atoms. The highest BCUT2D eigenvalue weighted by Gasteiger charge is 2.47. The summed E-state index contributed by atoms with van der Waals surface area (Å²) in [5.74, 6) is -0.320. The lowest BCUT2D eigenvalue weighted by atomic mass is 9.89. The van der Waals surface area contributed by atoms with Gasteiger partial charge in [-0.25, -0.2) is 0 Å². The van der Waals surface area contributed by atoms with Crippen LogP contribution in [0.3, 0.4) is 0 Å². The van der Waals surface area contributed by atoms with Crippen molar-refractivity contribution in [3.63, 3.8) is 0 Å². The smallest absolute Gasteiger partial charge is 0.326 e. The van der Waals surface area contributed by atoms with Crippen molar-refractivity contribution in [2.45, 2.75) is 20.0 Å². The number of allylic oxidation sites excluding steroid dienone is 5. The van der Waals surface area contributed by atoms with E-state index in [1.165, 1.54) is 25.2 Å². The Morgan fingerprint density at radius 3 is 2.50 bits per heavy atom. The van der Waals surface area contributed by atoms with Crippen molar-refractivity contribution in [3.05, 3.63) is 36.1 Å². The number of carbonyl (C=O) groups is 1. The van der Waals surface area contributed by atoms with Crippen LogP contribution in [0.15, 0.2) is 36.1 Å². The molecule has 0 aliphatic heterocycles. The van der Waals surface area contributed by atoms with Crippen LogP contribution >= 0.6 is 0 Å². The lowest BCUT2D eigenvalue weighted by Crippen LogP contribution is -2.31. The second-order valence-corrected chi connectivity index (χ2v) is 3.78. The van der Waals surface area contributed by atoms with Crippen LogP contribution in [-0.2, 0) is 4.79 Å². The first-order valence-electron chi connectivity index (χ1n) is 4.68. The van der Waals surface area contributed by atoms with Crippen LogP contribution in [0, 0.1) is 5.41 Å². The van der Waals surface area contributed by atoms with Crippen molar-refractivity contribution in [2.75, 3.05) is 0 Å². The molecular weight excluding hydrogens is 219 g/mol. The molecule has 1 atom stereocenters. The Balaban J connectivity index is 2.93. The van der Waals surface area contributed by atoms with Gasteiger partial charge in [-0.05, 0) is 19.1 Å². The Morgan fingerprint density at radius 1 is 1.38 bits per heavy atom. The van der Waals surface area contributed by atoms with Gasteiger partial charge in [0.1, 0.15) is 0 Å². The Labute approximate surface area is 91.5 Å². The summed E-state index contributed by atoms with van der Waals surface area (Å²) < 4.78 is 38.0. The molecule has 1 N–H and O–H groups in total. The van der Waals surface area contributed by atoms with E-state index in [4.69, 9.17) is 0 Å². The zero-order chi connectivity index (χ0) is 12.4. The van der Waals surface area contributed by atoms with Crippen LogP contribution in [0.1, 0.15) is 13.8 Å². The van der Waals surface area contributed by atoms with Crippen LogP contribution in [0.5, 0.6) is 0 Å². The Bertz CT molecular complexity index is 379. The molecule has 5 heteroatoms. The summed E-state index contributed by atoms with van der Waals surface area (Å²) in [6, 6.07) is 0. The first kappa shape index (κ1) is 12.5. The van der Waals surface area contributed by atoms with Crippen LogP contribution in [-0.4, -0.2) is 12.1 Å². The SMILES string of the molecule is CC(=O)NC1=CC=CC(C)(C(F)(F)F)C=C1. The van der Waals surface area contributed by atoms with E-state index in [1.54, 1.807) is 0 Å². The molecule has 0 radical (unpaired) electrons. The topological polar surface area (TPSA) is 29.1 Å². The number of hydrogen-bond acceptors (Lipinski definition) is 1. The fourth-order valence-corrected chi connectivity index (χ4v) is 1.20. The van der Waals surface area contributed by atoms with Gasteiger partial charge in [-0.15, -0.1) is 0 Å². The maximum atomic E-state index is 12.7. The fraction of sp³-hybridized carbons (Fsp3) is 0.364. The molecule has 1 unspecified atom stereocenters. The summed E-state index contributed by atoms with van der Waals surface area (Å²) in [6.45, 7) is 2.37. The van der Waals surface area contributed by atoms with E-state index in [9.17, 15) is 18.0 Å². The van der Waals surface area contributed by atoms with Crippen molar-refractivity contribution in [2.24, 2.45) is 5.41 Å². The molecule has 0 aromatic heterocycles. The first-order valence-corrected chi connectivity index (χ1v) is 4.68. The quantitative estimate of drug-likeness (QED) is 0.738. The highest BCUT2D eigenvalue weighted by atomic mass is 19.4. The van der Waals surface area contributed by atoms with Crippen LogP contribution < -0.4 is 5.32 Å². The molecule has 1 aliphatic rings. The molecule has 2 nitrogen and oxygen atoms in total. The summed E-state index contributed by atoms with van der Waals surface area (Å²) in [7, 11) is 0. The number of hydrogen-bond donors (Lipinski definition) is 1. The van der Waals surface area contributed by atoms with Gasteiger partial charge in [-0.2, -0.15) is 13.2 Å². The summed E-state index contributed by atoms with van der Waals surface area (Å²) >= 11 is 0. The second-order valence-electron chi connectivity index (χ2n) is 3.78. The third-order valence-electron chi connectivity index (χ3n) is 2.26. The van der Waals surface area contributed by atoms with Gasteiger partial charge in [0.2, 0.25) is 5.91 Å². The van der Waals surface area contributed by atoms with Gasteiger partial charge in [-0.1, -0.05) is 18.2 Å². The molecule has 0 saturated carbocycles. The number of amides is 1. The largest absolute Gasteiger partial charge is 0.400 e. The Morgan fingerprint density at radius 2 is 2.00 bits per heavy atom. The molecule has 16 heavy (non-hydrogen) atoms. The van der Waals surface area contributed by atoms with E-state index in [2.05, 4.69) is 5.32 Å². The van der Waals surface area contributed by atoms with Crippen molar-refractivity contribution in [3.8, 4) is 0 Å². The van der Waals surface area contributed by atoms with E-state index >= 15 is 0 Å². The van der Waals surface area contributed by atoms with E-state index < -0.39 is 11.6 Å². The highest BCUT2D eigenvalue weighted by Crippen LogP contribution is 2.41. The van der Waals surface area contributed by atoms with E-state index in [-0.39, 0.29) is 5.91 Å². The van der Waals surface area contributed by atoms with Crippen molar-refractivity contribution >= 4 is 5.91 Å². The third-order valence-corrected chi connectivity index (χ3v) is 2.26. The van der Waals surface area contributed by atoms with Crippen molar-refractivity contribution in [1.29, 1.82) is 0 Å². The van der Waals surface area contributed by atoms with E-state index in [1.807, 2.05) is 0 Å². The number of halogens is 3. The monoisotopic (exact) mass is 231 g/mol. The van der Waals surface area contributed by atoms with E-state index in [0.717, 1.165) is 19.1 Å². The van der Waals surface area contributed by atoms with Gasteiger partial charge in [0.15, 0.2) is 0 Å². The van der Waals surface area contributed by atoms with Crippen LogP contribution in [0.4, 0.5) is 13.2 Å². The molecule has 1 rings (SSSR count). The number of nitrogens with one attached hydrogen (secondary N) is 1. The second kappa shape index (κ2) is 4.15. The van der Waals surface area contributed by atoms with Crippen molar-refractivity contribution < 1.29 is 18.0 Å². The predicted molar refractivity (Wildman–Crippen MR) is 54.3 cm³/mol. The maximum absolute atomic E-state index is 12.7. The fourth-order valence-electron chi connectivity index (χ4n) is 1.20. The highest BCUT2D eigenvalue weighted by molar-refractivity contribution is 5.75. The molecule has 0 heterocycles. The molecule has 1 amide bonds. The third kappa shape index (κ3) is 2.74.